The van der Waals surface area contributed by atoms with Crippen LogP contribution in [0.15, 0.2) is 54.7 Å². The van der Waals surface area contributed by atoms with Crippen LogP contribution in [0.25, 0.3) is 11.1 Å². The largest absolute Gasteiger partial charge is 0.377 e. The molecule has 0 saturated carbocycles. The number of rotatable bonds is 4. The van der Waals surface area contributed by atoms with Gasteiger partial charge in [0.1, 0.15) is 5.69 Å². The van der Waals surface area contributed by atoms with Crippen molar-refractivity contribution in [2.75, 3.05) is 30.0 Å². The zero-order chi connectivity index (χ0) is 26.4. The molecule has 0 bridgehead atoms. The number of carbonyl (C=O) groups is 1. The number of aromatic nitrogens is 1. The summed E-state index contributed by atoms with van der Waals surface area (Å²) in [5.41, 5.74) is 4.92. The number of anilines is 2. The van der Waals surface area contributed by atoms with Crippen molar-refractivity contribution in [3.63, 3.8) is 0 Å². The van der Waals surface area contributed by atoms with E-state index in [-0.39, 0.29) is 11.6 Å². The minimum atomic E-state index is -3.13. The lowest BCUT2D eigenvalue weighted by molar-refractivity contribution is 0.0127. The molecule has 8 heteroatoms. The number of ether oxygens (including phenoxy) is 1. The van der Waals surface area contributed by atoms with Crippen LogP contribution in [-0.2, 0) is 17.1 Å². The Morgan fingerprint density at radius 1 is 1.24 bits per heavy atom. The number of fused-ring (bicyclic) bond motifs is 3. The molecule has 5 rings (SSSR count). The van der Waals surface area contributed by atoms with Gasteiger partial charge in [-0.2, -0.15) is 14.0 Å². The Hall–Kier alpha value is -3.83. The van der Waals surface area contributed by atoms with Crippen molar-refractivity contribution in [2.45, 2.75) is 39.2 Å². The second-order valence-corrected chi connectivity index (χ2v) is 10.1. The van der Waals surface area contributed by atoms with E-state index in [1.807, 2.05) is 32.0 Å². The van der Waals surface area contributed by atoms with Crippen LogP contribution >= 0.6 is 0 Å². The van der Waals surface area contributed by atoms with Gasteiger partial charge in [-0.05, 0) is 72.9 Å². The highest BCUT2D eigenvalue weighted by atomic mass is 19.3. The Labute approximate surface area is 214 Å². The first-order valence-electron chi connectivity index (χ1n) is 12.2. The van der Waals surface area contributed by atoms with Crippen LogP contribution in [0.2, 0.25) is 0 Å². The number of pyridine rings is 1. The summed E-state index contributed by atoms with van der Waals surface area (Å²) >= 11 is 0. The summed E-state index contributed by atoms with van der Waals surface area (Å²) in [6.45, 7) is 6.61. The molecule has 6 nitrogen and oxygen atoms in total. The Morgan fingerprint density at radius 3 is 2.81 bits per heavy atom. The van der Waals surface area contributed by atoms with Gasteiger partial charge in [-0.3, -0.25) is 9.78 Å². The van der Waals surface area contributed by atoms with Crippen molar-refractivity contribution in [1.29, 1.82) is 5.26 Å². The van der Waals surface area contributed by atoms with Crippen molar-refractivity contribution in [1.82, 2.24) is 4.98 Å². The Bertz CT molecular complexity index is 1410. The maximum absolute atomic E-state index is 13.7. The van der Waals surface area contributed by atoms with Gasteiger partial charge in [0.05, 0.1) is 30.7 Å². The molecule has 0 radical (unpaired) electrons. The molecule has 1 amide bonds. The zero-order valence-corrected chi connectivity index (χ0v) is 21.0. The molecular formula is C29H28F2N4O2. The van der Waals surface area contributed by atoms with Gasteiger partial charge in [-0.15, -0.1) is 0 Å². The highest BCUT2D eigenvalue weighted by Gasteiger charge is 2.45. The quantitative estimate of drug-likeness (QED) is 0.494. The summed E-state index contributed by atoms with van der Waals surface area (Å²) in [6.07, 6.45) is 1.87. The Morgan fingerprint density at radius 2 is 2.05 bits per heavy atom. The summed E-state index contributed by atoms with van der Waals surface area (Å²) in [7, 11) is 0. The highest BCUT2D eigenvalue weighted by molar-refractivity contribution is 6.04. The molecule has 1 N–H and O–H groups in total. The molecule has 0 unspecified atom stereocenters. The summed E-state index contributed by atoms with van der Waals surface area (Å²) in [5.74, 6) is -3.62. The molecule has 2 atom stereocenters. The van der Waals surface area contributed by atoms with Gasteiger partial charge in [-0.1, -0.05) is 18.2 Å². The molecule has 2 aliphatic rings. The van der Waals surface area contributed by atoms with Gasteiger partial charge < -0.3 is 15.0 Å². The van der Waals surface area contributed by atoms with E-state index in [9.17, 15) is 18.8 Å². The maximum atomic E-state index is 13.7. The molecule has 1 fully saturated rings. The van der Waals surface area contributed by atoms with E-state index in [4.69, 9.17) is 4.74 Å². The molecule has 190 valence electrons. The third-order valence-electron chi connectivity index (χ3n) is 7.35. The number of nitrogens with one attached hydrogen (secondary N) is 1. The third kappa shape index (κ3) is 4.67. The number of benzene rings is 2. The third-order valence-corrected chi connectivity index (χ3v) is 7.35. The van der Waals surface area contributed by atoms with E-state index >= 15 is 0 Å². The fourth-order valence-corrected chi connectivity index (χ4v) is 5.22. The van der Waals surface area contributed by atoms with Crippen LogP contribution in [0.5, 0.6) is 0 Å². The lowest BCUT2D eigenvalue weighted by Gasteiger charge is -2.49. The number of alkyl halides is 2. The summed E-state index contributed by atoms with van der Waals surface area (Å²) in [5, 5.41) is 12.7. The van der Waals surface area contributed by atoms with E-state index < -0.39 is 22.9 Å². The first kappa shape index (κ1) is 24.8. The molecule has 1 aromatic heterocycles. The predicted molar refractivity (Wildman–Crippen MR) is 138 cm³/mol. The molecule has 37 heavy (non-hydrogen) atoms. The van der Waals surface area contributed by atoms with Gasteiger partial charge >= 0.3 is 0 Å². The number of hydrogen-bond acceptors (Lipinski definition) is 5. The number of hydrogen-bond donors (Lipinski definition) is 1. The van der Waals surface area contributed by atoms with E-state index in [1.54, 1.807) is 6.07 Å². The second kappa shape index (κ2) is 9.24. The Kier molecular flexibility index (Phi) is 6.20. The first-order chi connectivity index (χ1) is 17.6. The van der Waals surface area contributed by atoms with Crippen molar-refractivity contribution in [2.24, 2.45) is 5.41 Å². The predicted octanol–water partition coefficient (Wildman–Crippen LogP) is 5.71. The molecular weight excluding hydrogens is 474 g/mol. The number of nitriles is 1. The minimum absolute atomic E-state index is 0.0125. The molecule has 0 aliphatic carbocycles. The van der Waals surface area contributed by atoms with E-state index in [1.165, 1.54) is 12.3 Å². The van der Waals surface area contributed by atoms with Crippen LogP contribution < -0.4 is 10.2 Å². The lowest BCUT2D eigenvalue weighted by atomic mass is 9.73. The van der Waals surface area contributed by atoms with Crippen LogP contribution in [0, 0.1) is 23.7 Å². The average Bonchev–Trinajstić information content (AvgIpc) is 2.89. The second-order valence-electron chi connectivity index (χ2n) is 10.1. The number of aryl methyl sites for hydroxylation is 1. The summed E-state index contributed by atoms with van der Waals surface area (Å²) in [6, 6.07) is 16.9. The number of amides is 1. The normalized spacial score (nSPS) is 21.0. The van der Waals surface area contributed by atoms with Crippen molar-refractivity contribution < 1.29 is 18.3 Å². The van der Waals surface area contributed by atoms with Gasteiger partial charge in [0.25, 0.3) is 11.8 Å². The lowest BCUT2D eigenvalue weighted by Crippen LogP contribution is -2.57. The molecule has 0 spiro atoms. The van der Waals surface area contributed by atoms with Crippen molar-refractivity contribution in [3.8, 4) is 17.2 Å². The average molecular weight is 503 g/mol. The zero-order valence-electron chi connectivity index (χ0n) is 21.0. The number of carbonyl (C=O) groups excluding carboxylic acids is 1. The topological polar surface area (TPSA) is 78.2 Å². The summed E-state index contributed by atoms with van der Waals surface area (Å²) in [4.78, 5) is 18.8. The molecule has 2 aliphatic heterocycles. The van der Waals surface area contributed by atoms with Crippen LogP contribution in [0.3, 0.4) is 0 Å². The minimum Gasteiger partial charge on any atom is -0.377 e. The van der Waals surface area contributed by atoms with E-state index in [0.29, 0.717) is 25.3 Å². The SMILES string of the molecule is Cc1ccc(NC(=O)c2ccnc(C(C)(F)F)c2)cc1-c1ccc2c(c1)N1CCOC[C@@H]1[C@](C)(C#N)C2. The molecule has 1 saturated heterocycles. The fourth-order valence-electron chi connectivity index (χ4n) is 5.22. The number of morpholine rings is 1. The smallest absolute Gasteiger partial charge is 0.286 e. The first-order valence-corrected chi connectivity index (χ1v) is 12.2. The molecule has 3 heterocycles. The van der Waals surface area contributed by atoms with Crippen LogP contribution in [0.4, 0.5) is 20.2 Å². The number of nitrogens with zero attached hydrogens (tertiary/aromatic N) is 3. The Balaban J connectivity index is 1.45. The van der Waals surface area contributed by atoms with Crippen LogP contribution in [-0.4, -0.2) is 36.7 Å². The maximum Gasteiger partial charge on any atom is 0.286 e. The molecule has 3 aromatic rings. The van der Waals surface area contributed by atoms with Gasteiger partial charge in [0.15, 0.2) is 0 Å². The van der Waals surface area contributed by atoms with Gasteiger partial charge in [-0.25, -0.2) is 0 Å². The number of halogens is 2. The van der Waals surface area contributed by atoms with Crippen LogP contribution in [0.1, 0.15) is 41.0 Å². The van der Waals surface area contributed by atoms with E-state index in [0.717, 1.165) is 47.5 Å². The standard InChI is InChI=1S/C29H28F2N4O2/c1-18-4-7-22(34-27(36)20-8-9-33-25(13-20)29(3,30)31)14-23(18)19-5-6-21-15-28(2,17-32)26-16-37-11-10-35(26)24(21)12-19/h4-9,12-14,26H,10-11,15-16H2,1-3H3,(H,34,36)/t26-,28+/m1/s1. The van der Waals surface area contributed by atoms with E-state index in [2.05, 4.69) is 33.4 Å². The fraction of sp³-hybridized carbons (Fsp3) is 0.345. The summed E-state index contributed by atoms with van der Waals surface area (Å²) < 4.78 is 33.1. The van der Waals surface area contributed by atoms with Crippen molar-refractivity contribution >= 4 is 17.3 Å². The van der Waals surface area contributed by atoms with Gasteiger partial charge in [0.2, 0.25) is 0 Å². The molecule has 2 aromatic carbocycles. The monoisotopic (exact) mass is 502 g/mol. The highest BCUT2D eigenvalue weighted by Crippen LogP contribution is 2.44. The van der Waals surface area contributed by atoms with Crippen molar-refractivity contribution in [3.05, 3.63) is 77.1 Å². The van der Waals surface area contributed by atoms with Gasteiger partial charge in [0, 0.05) is 36.6 Å².